The first-order valence-corrected chi connectivity index (χ1v) is 11.2. The van der Waals surface area contributed by atoms with Crippen molar-refractivity contribution >= 4 is 23.3 Å². The summed E-state index contributed by atoms with van der Waals surface area (Å²) in [5, 5.41) is 17.7. The normalized spacial score (nSPS) is 11.9. The van der Waals surface area contributed by atoms with Crippen molar-refractivity contribution in [2.45, 2.75) is 53.5 Å². The highest BCUT2D eigenvalue weighted by Crippen LogP contribution is 2.22. The highest BCUT2D eigenvalue weighted by molar-refractivity contribution is 5.99. The highest BCUT2D eigenvalue weighted by atomic mass is 16.6. The van der Waals surface area contributed by atoms with Crippen molar-refractivity contribution in [3.05, 3.63) is 51.3 Å². The zero-order valence-electron chi connectivity index (χ0n) is 20.0. The van der Waals surface area contributed by atoms with Crippen LogP contribution in [-0.4, -0.2) is 63.9 Å². The smallest absolute Gasteiger partial charge is 0.273 e. The lowest BCUT2D eigenvalue weighted by atomic mass is 10.1. The Hall–Kier alpha value is -3.27. The molecule has 1 atom stereocenters. The van der Waals surface area contributed by atoms with Gasteiger partial charge in [0.05, 0.1) is 4.92 Å². The molecule has 0 radical (unpaired) electrons. The molecular weight excluding hydrogens is 426 g/mol. The molecule has 0 saturated carbocycles. The molecule has 2 aromatic rings. The maximum atomic E-state index is 13.4. The van der Waals surface area contributed by atoms with Crippen LogP contribution in [-0.2, 0) is 4.79 Å². The summed E-state index contributed by atoms with van der Waals surface area (Å²) in [6, 6.07) is 5.71. The number of amides is 2. The van der Waals surface area contributed by atoms with E-state index in [2.05, 4.69) is 29.2 Å². The van der Waals surface area contributed by atoms with Gasteiger partial charge in [-0.1, -0.05) is 25.1 Å². The van der Waals surface area contributed by atoms with Gasteiger partial charge in [0.15, 0.2) is 5.82 Å². The van der Waals surface area contributed by atoms with Gasteiger partial charge in [0.1, 0.15) is 12.3 Å². The number of aromatic nitrogens is 1. The molecule has 2 rings (SSSR count). The average molecular weight is 460 g/mol. The lowest BCUT2D eigenvalue weighted by molar-refractivity contribution is -0.385. The number of rotatable bonds is 12. The van der Waals surface area contributed by atoms with E-state index in [0.29, 0.717) is 17.7 Å². The number of aryl methyl sites for hydroxylation is 2. The fourth-order valence-electron chi connectivity index (χ4n) is 3.60. The Morgan fingerprint density at radius 1 is 1.21 bits per heavy atom. The number of hydrogen-bond acceptors (Lipinski definition) is 7. The van der Waals surface area contributed by atoms with Crippen LogP contribution in [0.2, 0.25) is 0 Å². The summed E-state index contributed by atoms with van der Waals surface area (Å²) < 4.78 is 4.96. The van der Waals surface area contributed by atoms with Gasteiger partial charge in [-0.25, -0.2) is 0 Å². The van der Waals surface area contributed by atoms with Crippen molar-refractivity contribution in [3.8, 4) is 0 Å². The number of carbonyl (C=O) groups excluding carboxylic acids is 2. The van der Waals surface area contributed by atoms with Crippen LogP contribution in [0.4, 0.5) is 11.5 Å². The van der Waals surface area contributed by atoms with E-state index in [1.165, 1.54) is 11.0 Å². The monoisotopic (exact) mass is 459 g/mol. The SMILES string of the molecule is CCN(CC)CCCC(C)N(CC(=O)Nc1cc(C)on1)C(=O)c1ccc(C)c([N+](=O)[O-])c1. The fourth-order valence-corrected chi connectivity index (χ4v) is 3.60. The molecule has 1 heterocycles. The van der Waals surface area contributed by atoms with E-state index in [-0.39, 0.29) is 29.7 Å². The second-order valence-electron chi connectivity index (χ2n) is 8.08. The van der Waals surface area contributed by atoms with E-state index in [1.807, 2.05) is 6.92 Å². The Bertz CT molecular complexity index is 970. The van der Waals surface area contributed by atoms with Crippen molar-refractivity contribution in [1.29, 1.82) is 0 Å². The zero-order valence-corrected chi connectivity index (χ0v) is 20.0. The van der Waals surface area contributed by atoms with Gasteiger partial charge in [-0.05, 0) is 59.3 Å². The molecule has 0 aliphatic carbocycles. The molecule has 0 aliphatic heterocycles. The lowest BCUT2D eigenvalue weighted by Gasteiger charge is -2.29. The molecule has 10 heteroatoms. The Labute approximate surface area is 194 Å². The summed E-state index contributed by atoms with van der Waals surface area (Å²) >= 11 is 0. The first-order chi connectivity index (χ1) is 15.7. The van der Waals surface area contributed by atoms with Crippen molar-refractivity contribution in [2.24, 2.45) is 0 Å². The second-order valence-corrected chi connectivity index (χ2v) is 8.08. The number of nitrogens with zero attached hydrogens (tertiary/aromatic N) is 4. The molecule has 0 spiro atoms. The number of anilines is 1. The van der Waals surface area contributed by atoms with Gasteiger partial charge >= 0.3 is 0 Å². The topological polar surface area (TPSA) is 122 Å². The molecule has 1 aromatic carbocycles. The first kappa shape index (κ1) is 26.0. The van der Waals surface area contributed by atoms with Crippen LogP contribution < -0.4 is 5.32 Å². The maximum absolute atomic E-state index is 13.4. The summed E-state index contributed by atoms with van der Waals surface area (Å²) in [4.78, 5) is 40.6. The van der Waals surface area contributed by atoms with Crippen molar-refractivity contribution < 1.29 is 19.0 Å². The molecule has 2 amide bonds. The molecule has 33 heavy (non-hydrogen) atoms. The van der Waals surface area contributed by atoms with Crippen molar-refractivity contribution in [3.63, 3.8) is 0 Å². The van der Waals surface area contributed by atoms with E-state index in [0.717, 1.165) is 26.1 Å². The van der Waals surface area contributed by atoms with Gasteiger partial charge in [-0.2, -0.15) is 0 Å². The first-order valence-electron chi connectivity index (χ1n) is 11.2. The average Bonchev–Trinajstić information content (AvgIpc) is 3.18. The van der Waals surface area contributed by atoms with Crippen LogP contribution in [0.5, 0.6) is 0 Å². The molecule has 10 nitrogen and oxygen atoms in total. The molecule has 0 fully saturated rings. The third-order valence-corrected chi connectivity index (χ3v) is 5.65. The van der Waals surface area contributed by atoms with E-state index in [4.69, 9.17) is 4.52 Å². The third kappa shape index (κ3) is 7.38. The summed E-state index contributed by atoms with van der Waals surface area (Å²) in [6.45, 7) is 12.0. The van der Waals surface area contributed by atoms with E-state index >= 15 is 0 Å². The van der Waals surface area contributed by atoms with Gasteiger partial charge in [0.2, 0.25) is 5.91 Å². The molecular formula is C23H33N5O5. The minimum absolute atomic E-state index is 0.127. The zero-order chi connectivity index (χ0) is 24.5. The van der Waals surface area contributed by atoms with Crippen molar-refractivity contribution in [2.75, 3.05) is 31.5 Å². The molecule has 1 N–H and O–H groups in total. The Morgan fingerprint density at radius 3 is 2.48 bits per heavy atom. The minimum Gasteiger partial charge on any atom is -0.360 e. The quantitative estimate of drug-likeness (QED) is 0.378. The maximum Gasteiger partial charge on any atom is 0.273 e. The van der Waals surface area contributed by atoms with Crippen LogP contribution >= 0.6 is 0 Å². The van der Waals surface area contributed by atoms with E-state index in [1.54, 1.807) is 32.0 Å². The predicted molar refractivity (Wildman–Crippen MR) is 125 cm³/mol. The number of carbonyl (C=O) groups is 2. The van der Waals surface area contributed by atoms with Crippen molar-refractivity contribution in [1.82, 2.24) is 15.0 Å². The number of hydrogen-bond donors (Lipinski definition) is 1. The number of benzene rings is 1. The molecule has 180 valence electrons. The van der Waals surface area contributed by atoms with Gasteiger partial charge in [0.25, 0.3) is 11.6 Å². The van der Waals surface area contributed by atoms with Gasteiger partial charge in [-0.15, -0.1) is 0 Å². The summed E-state index contributed by atoms with van der Waals surface area (Å²) in [5.74, 6) is -0.0335. The summed E-state index contributed by atoms with van der Waals surface area (Å²) in [6.07, 6.45) is 1.54. The molecule has 0 saturated heterocycles. The molecule has 0 bridgehead atoms. The van der Waals surface area contributed by atoms with E-state index < -0.39 is 16.7 Å². The fraction of sp³-hybridized carbons (Fsp3) is 0.522. The standard InChI is InChI=1S/C23H33N5O5/c1-6-26(7-2)12-8-9-17(4)27(15-22(29)24-21-13-18(5)33-25-21)23(30)19-11-10-16(3)20(14-19)28(31)32/h10-11,13-14,17H,6-9,12,15H2,1-5H3,(H,24,25,29). The minimum atomic E-state index is -0.510. The van der Waals surface area contributed by atoms with Crippen LogP contribution in [0.15, 0.2) is 28.8 Å². The van der Waals surface area contributed by atoms with Crippen LogP contribution in [0.1, 0.15) is 55.3 Å². The highest BCUT2D eigenvalue weighted by Gasteiger charge is 2.26. The van der Waals surface area contributed by atoms with Crippen LogP contribution in [0.25, 0.3) is 0 Å². The Kier molecular flexibility index (Phi) is 9.53. The van der Waals surface area contributed by atoms with E-state index in [9.17, 15) is 19.7 Å². The Balaban J connectivity index is 2.21. The number of nitro benzene ring substituents is 1. The molecule has 1 aromatic heterocycles. The van der Waals surface area contributed by atoms with Gasteiger partial charge in [-0.3, -0.25) is 19.7 Å². The second kappa shape index (κ2) is 12.1. The Morgan fingerprint density at radius 2 is 1.91 bits per heavy atom. The number of nitro groups is 1. The molecule has 1 unspecified atom stereocenters. The summed E-state index contributed by atoms with van der Waals surface area (Å²) in [5.41, 5.74) is 0.514. The predicted octanol–water partition coefficient (Wildman–Crippen LogP) is 3.79. The van der Waals surface area contributed by atoms with Gasteiger partial charge < -0.3 is 19.6 Å². The molecule has 0 aliphatic rings. The number of nitrogens with one attached hydrogen (secondary N) is 1. The van der Waals surface area contributed by atoms with Crippen LogP contribution in [0.3, 0.4) is 0 Å². The van der Waals surface area contributed by atoms with Gasteiger partial charge in [0, 0.05) is 29.3 Å². The van der Waals surface area contributed by atoms with Crippen LogP contribution in [0, 0.1) is 24.0 Å². The largest absolute Gasteiger partial charge is 0.360 e. The summed E-state index contributed by atoms with van der Waals surface area (Å²) in [7, 11) is 0. The lowest BCUT2D eigenvalue weighted by Crippen LogP contribution is -2.44. The third-order valence-electron chi connectivity index (χ3n) is 5.65.